The summed E-state index contributed by atoms with van der Waals surface area (Å²) in [6.07, 6.45) is 8.84. The molecule has 0 amide bonds. The minimum atomic E-state index is 0.516. The zero-order chi connectivity index (χ0) is 14.2. The summed E-state index contributed by atoms with van der Waals surface area (Å²) in [6.45, 7) is 0. The second-order valence-corrected chi connectivity index (χ2v) is 5.83. The fraction of sp³-hybridized carbons (Fsp3) is 0.571. The molecule has 2 aliphatic carbocycles. The molecule has 2 aromatic rings. The molecule has 21 heavy (non-hydrogen) atoms. The summed E-state index contributed by atoms with van der Waals surface area (Å²) >= 11 is 0. The maximum absolute atomic E-state index is 4.51. The number of rotatable bonds is 6. The third-order valence-corrected chi connectivity index (χ3v) is 4.11. The number of aromatic nitrogens is 5. The van der Waals surface area contributed by atoms with E-state index in [9.17, 15) is 0 Å². The quantitative estimate of drug-likeness (QED) is 0.841. The normalized spacial score (nSPS) is 18.0. The molecule has 0 aliphatic heterocycles. The van der Waals surface area contributed by atoms with Crippen molar-refractivity contribution in [3.05, 3.63) is 18.5 Å². The van der Waals surface area contributed by atoms with E-state index in [2.05, 4.69) is 30.7 Å². The molecule has 0 atom stereocenters. The minimum Gasteiger partial charge on any atom is -0.357 e. The molecule has 0 radical (unpaired) electrons. The highest BCUT2D eigenvalue weighted by atomic mass is 15.4. The second-order valence-electron chi connectivity index (χ2n) is 5.83. The summed E-state index contributed by atoms with van der Waals surface area (Å²) < 4.78 is 1.65. The molecule has 7 heteroatoms. The van der Waals surface area contributed by atoms with Gasteiger partial charge in [0.1, 0.15) is 0 Å². The number of nitrogens with one attached hydrogen (secondary N) is 2. The Morgan fingerprint density at radius 3 is 2.38 bits per heavy atom. The van der Waals surface area contributed by atoms with Gasteiger partial charge in [0.2, 0.25) is 11.9 Å². The van der Waals surface area contributed by atoms with Gasteiger partial charge in [-0.3, -0.25) is 0 Å². The molecule has 2 aromatic heterocycles. The lowest BCUT2D eigenvalue weighted by Crippen LogP contribution is -2.26. The van der Waals surface area contributed by atoms with Crippen LogP contribution in [0.5, 0.6) is 0 Å². The third kappa shape index (κ3) is 2.68. The van der Waals surface area contributed by atoms with E-state index in [4.69, 9.17) is 0 Å². The van der Waals surface area contributed by atoms with E-state index in [1.54, 1.807) is 10.9 Å². The molecule has 0 spiro atoms. The number of hydrogen-bond acceptors (Lipinski definition) is 6. The van der Waals surface area contributed by atoms with Crippen molar-refractivity contribution >= 4 is 11.9 Å². The van der Waals surface area contributed by atoms with Crippen molar-refractivity contribution < 1.29 is 0 Å². The van der Waals surface area contributed by atoms with Gasteiger partial charge in [0, 0.05) is 25.5 Å². The molecule has 2 N–H and O–H groups in total. The Bertz CT molecular complexity index is 604. The van der Waals surface area contributed by atoms with Gasteiger partial charge >= 0.3 is 0 Å². The Balaban J connectivity index is 1.62. The molecule has 0 saturated heterocycles. The standard InChI is InChI=1S/C14H19N7/c1-15-12-18-13(17-11(9-3-4-9)10-5-6-10)20-14(19-12)21-8-2-7-16-21/h2,7-11H,3-6H2,1H3,(H2,15,17,18,19,20). The van der Waals surface area contributed by atoms with Crippen molar-refractivity contribution in [2.45, 2.75) is 31.7 Å². The highest BCUT2D eigenvalue weighted by Gasteiger charge is 2.41. The molecule has 0 aromatic carbocycles. The Morgan fingerprint density at radius 2 is 1.81 bits per heavy atom. The molecule has 0 unspecified atom stereocenters. The van der Waals surface area contributed by atoms with Gasteiger partial charge in [-0.2, -0.15) is 20.1 Å². The smallest absolute Gasteiger partial charge is 0.257 e. The van der Waals surface area contributed by atoms with Gasteiger partial charge in [-0.15, -0.1) is 0 Å². The van der Waals surface area contributed by atoms with Gasteiger partial charge in [0.25, 0.3) is 5.95 Å². The Labute approximate surface area is 123 Å². The monoisotopic (exact) mass is 285 g/mol. The maximum atomic E-state index is 4.51. The van der Waals surface area contributed by atoms with Crippen LogP contribution in [-0.4, -0.2) is 37.8 Å². The fourth-order valence-corrected chi connectivity index (χ4v) is 2.71. The Morgan fingerprint density at radius 1 is 1.10 bits per heavy atom. The molecule has 2 heterocycles. The summed E-state index contributed by atoms with van der Waals surface area (Å²) in [4.78, 5) is 13.3. The lowest BCUT2D eigenvalue weighted by molar-refractivity contribution is 0.562. The molecule has 7 nitrogen and oxygen atoms in total. The van der Waals surface area contributed by atoms with Crippen LogP contribution in [0.3, 0.4) is 0 Å². The van der Waals surface area contributed by atoms with Crippen LogP contribution in [0.4, 0.5) is 11.9 Å². The van der Waals surface area contributed by atoms with Crippen LogP contribution in [0.2, 0.25) is 0 Å². The molecular weight excluding hydrogens is 266 g/mol. The van der Waals surface area contributed by atoms with Gasteiger partial charge in [0.05, 0.1) is 0 Å². The van der Waals surface area contributed by atoms with Crippen molar-refractivity contribution in [2.75, 3.05) is 17.7 Å². The van der Waals surface area contributed by atoms with E-state index in [1.165, 1.54) is 25.7 Å². The molecular formula is C14H19N7. The molecule has 2 aliphatic rings. The molecule has 110 valence electrons. The number of nitrogens with zero attached hydrogens (tertiary/aromatic N) is 5. The van der Waals surface area contributed by atoms with E-state index in [1.807, 2.05) is 19.3 Å². The first-order valence-electron chi connectivity index (χ1n) is 7.54. The SMILES string of the molecule is CNc1nc(NC(C2CC2)C2CC2)nc(-n2cccn2)n1. The highest BCUT2D eigenvalue weighted by Crippen LogP contribution is 2.45. The second kappa shape index (κ2) is 4.98. The zero-order valence-corrected chi connectivity index (χ0v) is 12.0. The van der Waals surface area contributed by atoms with Crippen LogP contribution < -0.4 is 10.6 Å². The number of hydrogen-bond donors (Lipinski definition) is 2. The Kier molecular flexibility index (Phi) is 2.98. The molecule has 4 rings (SSSR count). The van der Waals surface area contributed by atoms with Gasteiger partial charge in [-0.05, 0) is 43.6 Å². The summed E-state index contributed by atoms with van der Waals surface area (Å²) in [7, 11) is 1.81. The molecule has 2 saturated carbocycles. The van der Waals surface area contributed by atoms with Gasteiger partial charge < -0.3 is 10.6 Å². The van der Waals surface area contributed by atoms with Crippen molar-refractivity contribution in [3.63, 3.8) is 0 Å². The third-order valence-electron chi connectivity index (χ3n) is 4.11. The topological polar surface area (TPSA) is 80.5 Å². The van der Waals surface area contributed by atoms with Gasteiger partial charge in [0.15, 0.2) is 0 Å². The summed E-state index contributed by atoms with van der Waals surface area (Å²) in [5, 5.41) is 10.7. The lowest BCUT2D eigenvalue weighted by atomic mass is 10.1. The van der Waals surface area contributed by atoms with Crippen LogP contribution in [0, 0.1) is 11.8 Å². The van der Waals surface area contributed by atoms with Crippen LogP contribution in [0.1, 0.15) is 25.7 Å². The van der Waals surface area contributed by atoms with Crippen molar-refractivity contribution in [2.24, 2.45) is 11.8 Å². The maximum Gasteiger partial charge on any atom is 0.257 e. The average Bonchev–Trinajstić information content (AvgIpc) is 3.44. The van der Waals surface area contributed by atoms with Crippen LogP contribution in [0.15, 0.2) is 18.5 Å². The van der Waals surface area contributed by atoms with E-state index >= 15 is 0 Å². The largest absolute Gasteiger partial charge is 0.357 e. The van der Waals surface area contributed by atoms with E-state index < -0.39 is 0 Å². The van der Waals surface area contributed by atoms with E-state index in [0.29, 0.717) is 23.9 Å². The molecule has 2 fully saturated rings. The predicted molar refractivity (Wildman–Crippen MR) is 79.4 cm³/mol. The molecule has 0 bridgehead atoms. The van der Waals surface area contributed by atoms with E-state index in [-0.39, 0.29) is 0 Å². The minimum absolute atomic E-state index is 0.516. The number of anilines is 2. The van der Waals surface area contributed by atoms with E-state index in [0.717, 1.165) is 11.8 Å². The first-order chi connectivity index (χ1) is 10.3. The summed E-state index contributed by atoms with van der Waals surface area (Å²) in [6, 6.07) is 2.37. The van der Waals surface area contributed by atoms with Crippen LogP contribution in [-0.2, 0) is 0 Å². The van der Waals surface area contributed by atoms with Crippen molar-refractivity contribution in [1.29, 1.82) is 0 Å². The highest BCUT2D eigenvalue weighted by molar-refractivity contribution is 5.38. The van der Waals surface area contributed by atoms with Crippen molar-refractivity contribution in [3.8, 4) is 5.95 Å². The van der Waals surface area contributed by atoms with Crippen LogP contribution in [0.25, 0.3) is 5.95 Å². The average molecular weight is 285 g/mol. The zero-order valence-electron chi connectivity index (χ0n) is 12.0. The summed E-state index contributed by atoms with van der Waals surface area (Å²) in [5.74, 6) is 3.32. The predicted octanol–water partition coefficient (Wildman–Crippen LogP) is 1.70. The Hall–Kier alpha value is -2.18. The first-order valence-corrected chi connectivity index (χ1v) is 7.54. The van der Waals surface area contributed by atoms with Gasteiger partial charge in [-0.1, -0.05) is 0 Å². The van der Waals surface area contributed by atoms with Gasteiger partial charge in [-0.25, -0.2) is 4.68 Å². The van der Waals surface area contributed by atoms with Crippen molar-refractivity contribution in [1.82, 2.24) is 24.7 Å². The first kappa shape index (κ1) is 12.6. The summed E-state index contributed by atoms with van der Waals surface area (Å²) in [5.41, 5.74) is 0. The van der Waals surface area contributed by atoms with Crippen LogP contribution >= 0.6 is 0 Å². The fourth-order valence-electron chi connectivity index (χ4n) is 2.71. The lowest BCUT2D eigenvalue weighted by Gasteiger charge is -2.18.